The molecule has 0 unspecified atom stereocenters. The first-order chi connectivity index (χ1) is 6.95. The molecule has 0 saturated carbocycles. The number of benzene rings is 1. The highest BCUT2D eigenvalue weighted by atomic mass is 35.5. The smallest absolute Gasteiger partial charge is 0.206 e. The van der Waals surface area contributed by atoms with E-state index >= 15 is 0 Å². The van der Waals surface area contributed by atoms with Gasteiger partial charge in [0.15, 0.2) is 0 Å². The van der Waals surface area contributed by atoms with E-state index in [-0.39, 0.29) is 11.4 Å². The molecule has 0 fully saturated rings. The Hall–Kier alpha value is -1.21. The Morgan fingerprint density at radius 1 is 1.27 bits per heavy atom. The standard InChI is InChI=1S/C10H5ClF4/c11-5-1-2-7-3-4-8(6-9(7)12)10(13,14)15/h3-4,6H,5H2. The zero-order valence-electron chi connectivity index (χ0n) is 7.33. The summed E-state index contributed by atoms with van der Waals surface area (Å²) in [7, 11) is 0. The van der Waals surface area contributed by atoms with Crippen LogP contribution in [0.1, 0.15) is 11.1 Å². The lowest BCUT2D eigenvalue weighted by Crippen LogP contribution is -2.05. The first kappa shape index (κ1) is 11.9. The van der Waals surface area contributed by atoms with Crippen LogP contribution in [0.4, 0.5) is 17.6 Å². The Balaban J connectivity index is 3.09. The molecule has 0 aliphatic rings. The third-order valence-corrected chi connectivity index (χ3v) is 1.72. The Labute approximate surface area is 88.9 Å². The van der Waals surface area contributed by atoms with Crippen molar-refractivity contribution < 1.29 is 17.6 Å². The monoisotopic (exact) mass is 236 g/mol. The topological polar surface area (TPSA) is 0 Å². The van der Waals surface area contributed by atoms with Gasteiger partial charge in [0, 0.05) is 0 Å². The van der Waals surface area contributed by atoms with Crippen LogP contribution in [0.5, 0.6) is 0 Å². The van der Waals surface area contributed by atoms with Gasteiger partial charge in [-0.3, -0.25) is 0 Å². The summed E-state index contributed by atoms with van der Waals surface area (Å²) in [6.45, 7) is 0. The minimum absolute atomic E-state index is 0.000459. The van der Waals surface area contributed by atoms with Crippen molar-refractivity contribution in [3.05, 3.63) is 35.1 Å². The fraction of sp³-hybridized carbons (Fsp3) is 0.200. The lowest BCUT2D eigenvalue weighted by Gasteiger charge is -2.06. The number of hydrogen-bond acceptors (Lipinski definition) is 0. The van der Waals surface area contributed by atoms with E-state index in [0.717, 1.165) is 12.1 Å². The van der Waals surface area contributed by atoms with E-state index in [9.17, 15) is 17.6 Å². The molecule has 0 amide bonds. The predicted octanol–water partition coefficient (Wildman–Crippen LogP) is 3.43. The van der Waals surface area contributed by atoms with Crippen LogP contribution in [-0.2, 0) is 6.18 Å². The molecule has 0 saturated heterocycles. The highest BCUT2D eigenvalue weighted by Crippen LogP contribution is 2.29. The first-order valence-electron chi connectivity index (χ1n) is 3.86. The molecule has 1 rings (SSSR count). The maximum absolute atomic E-state index is 13.1. The van der Waals surface area contributed by atoms with E-state index in [1.54, 1.807) is 0 Å². The Morgan fingerprint density at radius 3 is 2.40 bits per heavy atom. The zero-order chi connectivity index (χ0) is 11.5. The summed E-state index contributed by atoms with van der Waals surface area (Å²) in [5.74, 6) is 3.68. The van der Waals surface area contributed by atoms with Gasteiger partial charge in [-0.25, -0.2) is 4.39 Å². The Morgan fingerprint density at radius 2 is 1.93 bits per heavy atom. The summed E-state index contributed by atoms with van der Waals surface area (Å²) >= 11 is 5.23. The van der Waals surface area contributed by atoms with Gasteiger partial charge in [0.25, 0.3) is 0 Å². The van der Waals surface area contributed by atoms with Crippen LogP contribution in [0.2, 0.25) is 0 Å². The lowest BCUT2D eigenvalue weighted by molar-refractivity contribution is -0.137. The zero-order valence-corrected chi connectivity index (χ0v) is 8.08. The largest absolute Gasteiger partial charge is 0.416 e. The number of halogens is 5. The van der Waals surface area contributed by atoms with Gasteiger partial charge in [-0.05, 0) is 18.2 Å². The summed E-state index contributed by atoms with van der Waals surface area (Å²) < 4.78 is 49.4. The molecular weight excluding hydrogens is 232 g/mol. The van der Waals surface area contributed by atoms with Gasteiger partial charge in [-0.2, -0.15) is 13.2 Å². The van der Waals surface area contributed by atoms with Crippen LogP contribution in [0.3, 0.4) is 0 Å². The second-order valence-corrected chi connectivity index (χ2v) is 2.90. The molecule has 0 aliphatic carbocycles. The molecule has 0 radical (unpaired) electrons. The van der Waals surface area contributed by atoms with Crippen molar-refractivity contribution in [2.75, 3.05) is 5.88 Å². The van der Waals surface area contributed by atoms with Crippen LogP contribution >= 0.6 is 11.6 Å². The van der Waals surface area contributed by atoms with E-state index in [4.69, 9.17) is 11.6 Å². The van der Waals surface area contributed by atoms with Gasteiger partial charge in [-0.1, -0.05) is 11.8 Å². The quantitative estimate of drug-likeness (QED) is 0.368. The normalized spacial score (nSPS) is 10.7. The summed E-state index contributed by atoms with van der Waals surface area (Å²) in [5, 5.41) is 0. The van der Waals surface area contributed by atoms with Gasteiger partial charge in [-0.15, -0.1) is 11.6 Å². The molecule has 0 spiro atoms. The molecule has 0 N–H and O–H groups in total. The van der Waals surface area contributed by atoms with Crippen molar-refractivity contribution in [2.24, 2.45) is 0 Å². The van der Waals surface area contributed by atoms with Crippen LogP contribution in [-0.4, -0.2) is 5.88 Å². The van der Waals surface area contributed by atoms with Crippen LogP contribution in [0.25, 0.3) is 0 Å². The minimum atomic E-state index is -4.54. The van der Waals surface area contributed by atoms with Crippen LogP contribution < -0.4 is 0 Å². The van der Waals surface area contributed by atoms with Crippen molar-refractivity contribution in [3.8, 4) is 11.8 Å². The van der Waals surface area contributed by atoms with Crippen LogP contribution in [0.15, 0.2) is 18.2 Å². The predicted molar refractivity (Wildman–Crippen MR) is 49.0 cm³/mol. The van der Waals surface area contributed by atoms with Crippen LogP contribution in [0, 0.1) is 17.7 Å². The molecule has 80 valence electrons. The summed E-state index contributed by atoms with van der Waals surface area (Å²) in [6.07, 6.45) is -4.54. The third kappa shape index (κ3) is 3.14. The maximum Gasteiger partial charge on any atom is 0.416 e. The molecule has 15 heavy (non-hydrogen) atoms. The lowest BCUT2D eigenvalue weighted by atomic mass is 10.1. The van der Waals surface area contributed by atoms with Gasteiger partial charge in [0.05, 0.1) is 17.0 Å². The van der Waals surface area contributed by atoms with E-state index in [2.05, 4.69) is 11.8 Å². The average Bonchev–Trinajstić information content (AvgIpc) is 2.14. The minimum Gasteiger partial charge on any atom is -0.206 e. The fourth-order valence-electron chi connectivity index (χ4n) is 0.921. The van der Waals surface area contributed by atoms with Crippen molar-refractivity contribution in [2.45, 2.75) is 6.18 Å². The Bertz CT molecular complexity index is 412. The summed E-state index contributed by atoms with van der Waals surface area (Å²) in [6, 6.07) is 2.18. The molecule has 0 nitrogen and oxygen atoms in total. The second kappa shape index (κ2) is 4.54. The summed E-state index contributed by atoms with van der Waals surface area (Å²) in [5.41, 5.74) is -1.12. The average molecular weight is 237 g/mol. The molecule has 5 heteroatoms. The van der Waals surface area contributed by atoms with E-state index in [1.165, 1.54) is 0 Å². The third-order valence-electron chi connectivity index (χ3n) is 1.59. The molecule has 0 bridgehead atoms. The fourth-order valence-corrected chi connectivity index (χ4v) is 0.988. The maximum atomic E-state index is 13.1. The van der Waals surface area contributed by atoms with E-state index in [1.807, 2.05) is 0 Å². The van der Waals surface area contributed by atoms with Gasteiger partial charge in [0.1, 0.15) is 5.82 Å². The molecule has 0 heterocycles. The first-order valence-corrected chi connectivity index (χ1v) is 4.40. The second-order valence-electron chi connectivity index (χ2n) is 2.63. The molecule has 0 aromatic heterocycles. The number of hydrogen-bond donors (Lipinski definition) is 0. The van der Waals surface area contributed by atoms with E-state index in [0.29, 0.717) is 6.07 Å². The highest BCUT2D eigenvalue weighted by Gasteiger charge is 2.30. The molecule has 1 aromatic carbocycles. The van der Waals surface area contributed by atoms with E-state index < -0.39 is 17.6 Å². The van der Waals surface area contributed by atoms with Crippen molar-refractivity contribution in [1.82, 2.24) is 0 Å². The molecule has 0 atom stereocenters. The molecule has 1 aromatic rings. The number of alkyl halides is 4. The Kier molecular flexibility index (Phi) is 3.59. The molecular formula is C10H5ClF4. The van der Waals surface area contributed by atoms with Gasteiger partial charge >= 0.3 is 6.18 Å². The van der Waals surface area contributed by atoms with Crippen molar-refractivity contribution in [1.29, 1.82) is 0 Å². The SMILES string of the molecule is Fc1cc(C(F)(F)F)ccc1C#CCCl. The number of rotatable bonds is 0. The van der Waals surface area contributed by atoms with Gasteiger partial charge in [0.2, 0.25) is 0 Å². The van der Waals surface area contributed by atoms with Crippen molar-refractivity contribution >= 4 is 11.6 Å². The summed E-state index contributed by atoms with van der Waals surface area (Å²) in [4.78, 5) is 0. The highest BCUT2D eigenvalue weighted by molar-refractivity contribution is 6.19. The molecule has 0 aliphatic heterocycles. The van der Waals surface area contributed by atoms with Gasteiger partial charge < -0.3 is 0 Å². The van der Waals surface area contributed by atoms with Crippen molar-refractivity contribution in [3.63, 3.8) is 0 Å².